The van der Waals surface area contributed by atoms with E-state index in [0.717, 1.165) is 37.1 Å². The van der Waals surface area contributed by atoms with Crippen LogP contribution < -0.4 is 5.32 Å². The number of amides is 2. The number of hydrogen-bond acceptors (Lipinski definition) is 3. The van der Waals surface area contributed by atoms with Crippen molar-refractivity contribution < 1.29 is 9.59 Å². The van der Waals surface area contributed by atoms with Crippen molar-refractivity contribution in [1.29, 1.82) is 0 Å². The lowest BCUT2D eigenvalue weighted by Gasteiger charge is -2.16. The van der Waals surface area contributed by atoms with Crippen LogP contribution >= 0.6 is 11.3 Å². The number of aryl methyl sites for hydroxylation is 1. The number of benzene rings is 1. The SMILES string of the molecule is O=C(CCCc1cccs1)Nc1cccc(CN2CCCC2=O)c1. The summed E-state index contributed by atoms with van der Waals surface area (Å²) in [5, 5.41) is 5.02. The summed E-state index contributed by atoms with van der Waals surface area (Å²) in [4.78, 5) is 27.0. The van der Waals surface area contributed by atoms with Crippen molar-refractivity contribution in [2.24, 2.45) is 0 Å². The Morgan fingerprint density at radius 2 is 2.17 bits per heavy atom. The summed E-state index contributed by atoms with van der Waals surface area (Å²) in [5.74, 6) is 0.263. The van der Waals surface area contributed by atoms with Crippen LogP contribution in [0.5, 0.6) is 0 Å². The highest BCUT2D eigenvalue weighted by Crippen LogP contribution is 2.18. The first kappa shape index (κ1) is 16.7. The second-order valence-electron chi connectivity index (χ2n) is 6.10. The normalized spacial score (nSPS) is 14.2. The van der Waals surface area contributed by atoms with Crippen molar-refractivity contribution in [3.8, 4) is 0 Å². The van der Waals surface area contributed by atoms with Gasteiger partial charge in [-0.1, -0.05) is 18.2 Å². The molecule has 0 unspecified atom stereocenters. The second kappa shape index (κ2) is 8.11. The number of carbonyl (C=O) groups is 2. The smallest absolute Gasteiger partial charge is 0.224 e. The Balaban J connectivity index is 1.48. The summed E-state index contributed by atoms with van der Waals surface area (Å²) in [6.07, 6.45) is 3.92. The third kappa shape index (κ3) is 4.68. The predicted octanol–water partition coefficient (Wildman–Crippen LogP) is 3.83. The molecule has 1 aliphatic rings. The van der Waals surface area contributed by atoms with Gasteiger partial charge in [-0.05, 0) is 48.4 Å². The Morgan fingerprint density at radius 3 is 2.92 bits per heavy atom. The number of rotatable bonds is 7. The molecule has 1 aliphatic heterocycles. The maximum Gasteiger partial charge on any atom is 0.224 e. The van der Waals surface area contributed by atoms with Crippen molar-refractivity contribution in [2.45, 2.75) is 38.6 Å². The zero-order valence-corrected chi connectivity index (χ0v) is 14.5. The summed E-state index contributed by atoms with van der Waals surface area (Å²) in [7, 11) is 0. The monoisotopic (exact) mass is 342 g/mol. The molecule has 0 bridgehead atoms. The molecule has 1 fully saturated rings. The maximum atomic E-state index is 12.1. The van der Waals surface area contributed by atoms with Gasteiger partial charge in [0.05, 0.1) is 0 Å². The van der Waals surface area contributed by atoms with Gasteiger partial charge < -0.3 is 10.2 Å². The number of likely N-dealkylation sites (tertiary alicyclic amines) is 1. The van der Waals surface area contributed by atoms with Gasteiger partial charge in [0.25, 0.3) is 0 Å². The number of thiophene rings is 1. The molecule has 5 heteroatoms. The molecule has 126 valence electrons. The molecule has 24 heavy (non-hydrogen) atoms. The first-order valence-electron chi connectivity index (χ1n) is 8.40. The van der Waals surface area contributed by atoms with Gasteiger partial charge in [-0.3, -0.25) is 9.59 Å². The lowest BCUT2D eigenvalue weighted by atomic mass is 10.1. The number of nitrogens with zero attached hydrogens (tertiary/aromatic N) is 1. The molecule has 2 aromatic rings. The second-order valence-corrected chi connectivity index (χ2v) is 7.13. The van der Waals surface area contributed by atoms with E-state index in [9.17, 15) is 9.59 Å². The van der Waals surface area contributed by atoms with E-state index in [2.05, 4.69) is 16.8 Å². The number of hydrogen-bond donors (Lipinski definition) is 1. The van der Waals surface area contributed by atoms with Gasteiger partial charge in [0.15, 0.2) is 0 Å². The zero-order valence-electron chi connectivity index (χ0n) is 13.7. The van der Waals surface area contributed by atoms with Crippen LogP contribution in [0.25, 0.3) is 0 Å². The van der Waals surface area contributed by atoms with Crippen LogP contribution in [-0.4, -0.2) is 23.3 Å². The topological polar surface area (TPSA) is 49.4 Å². The molecule has 2 amide bonds. The number of anilines is 1. The van der Waals surface area contributed by atoms with Crippen molar-refractivity contribution in [1.82, 2.24) is 4.90 Å². The molecule has 3 rings (SSSR count). The largest absolute Gasteiger partial charge is 0.338 e. The van der Waals surface area contributed by atoms with Crippen LogP contribution in [0.4, 0.5) is 5.69 Å². The minimum absolute atomic E-state index is 0.0426. The third-order valence-electron chi connectivity index (χ3n) is 4.16. The van der Waals surface area contributed by atoms with Crippen molar-refractivity contribution >= 4 is 28.8 Å². The van der Waals surface area contributed by atoms with E-state index in [-0.39, 0.29) is 11.8 Å². The van der Waals surface area contributed by atoms with Gasteiger partial charge in [-0.15, -0.1) is 11.3 Å². The predicted molar refractivity (Wildman–Crippen MR) is 97.0 cm³/mol. The summed E-state index contributed by atoms with van der Waals surface area (Å²) in [5.41, 5.74) is 1.86. The Kier molecular flexibility index (Phi) is 5.64. The zero-order chi connectivity index (χ0) is 16.8. The fraction of sp³-hybridized carbons (Fsp3) is 0.368. The maximum absolute atomic E-state index is 12.1. The lowest BCUT2D eigenvalue weighted by Crippen LogP contribution is -2.23. The summed E-state index contributed by atoms with van der Waals surface area (Å²) in [6.45, 7) is 1.46. The molecule has 1 aromatic heterocycles. The van der Waals surface area contributed by atoms with Crippen LogP contribution in [0.2, 0.25) is 0 Å². The average Bonchev–Trinajstić information content (AvgIpc) is 3.20. The van der Waals surface area contributed by atoms with Crippen molar-refractivity contribution in [2.75, 3.05) is 11.9 Å². The Labute approximate surface area is 146 Å². The van der Waals surface area contributed by atoms with Crippen LogP contribution in [0.1, 0.15) is 36.1 Å². The van der Waals surface area contributed by atoms with E-state index in [4.69, 9.17) is 0 Å². The molecule has 0 spiro atoms. The van der Waals surface area contributed by atoms with Crippen molar-refractivity contribution in [3.05, 3.63) is 52.2 Å². The van der Waals surface area contributed by atoms with Crippen LogP contribution in [-0.2, 0) is 22.6 Å². The van der Waals surface area contributed by atoms with Crippen LogP contribution in [0.15, 0.2) is 41.8 Å². The van der Waals surface area contributed by atoms with E-state index in [1.54, 1.807) is 11.3 Å². The highest BCUT2D eigenvalue weighted by molar-refractivity contribution is 7.09. The van der Waals surface area contributed by atoms with Gasteiger partial charge in [-0.2, -0.15) is 0 Å². The standard InChI is InChI=1S/C19H22N2O2S/c22-18(9-2-7-17-8-4-12-24-17)20-16-6-1-5-15(13-16)14-21-11-3-10-19(21)23/h1,4-6,8,12-13H,2-3,7,9-11,14H2,(H,20,22). The molecular weight excluding hydrogens is 320 g/mol. The molecule has 1 aromatic carbocycles. The van der Waals surface area contributed by atoms with Crippen LogP contribution in [0.3, 0.4) is 0 Å². The fourth-order valence-corrected chi connectivity index (χ4v) is 3.69. The van der Waals surface area contributed by atoms with Crippen LogP contribution in [0, 0.1) is 0 Å². The number of nitrogens with one attached hydrogen (secondary N) is 1. The molecule has 2 heterocycles. The summed E-state index contributed by atoms with van der Waals surface area (Å²) >= 11 is 1.73. The fourth-order valence-electron chi connectivity index (χ4n) is 2.94. The van der Waals surface area contributed by atoms with Gasteiger partial charge in [0.1, 0.15) is 0 Å². The van der Waals surface area contributed by atoms with Gasteiger partial charge in [0.2, 0.25) is 11.8 Å². The minimum Gasteiger partial charge on any atom is -0.338 e. The molecule has 4 nitrogen and oxygen atoms in total. The molecule has 0 saturated carbocycles. The third-order valence-corrected chi connectivity index (χ3v) is 5.10. The quantitative estimate of drug-likeness (QED) is 0.831. The minimum atomic E-state index is 0.0426. The molecule has 1 saturated heterocycles. The van der Waals surface area contributed by atoms with Gasteiger partial charge in [0, 0.05) is 36.5 Å². The Morgan fingerprint density at radius 1 is 1.25 bits per heavy atom. The van der Waals surface area contributed by atoms with E-state index in [0.29, 0.717) is 19.4 Å². The average molecular weight is 342 g/mol. The highest BCUT2D eigenvalue weighted by atomic mass is 32.1. The van der Waals surface area contributed by atoms with Crippen molar-refractivity contribution in [3.63, 3.8) is 0 Å². The van der Waals surface area contributed by atoms with E-state index in [1.165, 1.54) is 4.88 Å². The Hall–Kier alpha value is -2.14. The number of carbonyl (C=O) groups excluding carboxylic acids is 2. The van der Waals surface area contributed by atoms with E-state index >= 15 is 0 Å². The molecule has 0 atom stereocenters. The molecule has 1 N–H and O–H groups in total. The molecule has 0 aliphatic carbocycles. The summed E-state index contributed by atoms with van der Waals surface area (Å²) in [6, 6.07) is 11.9. The van der Waals surface area contributed by atoms with E-state index < -0.39 is 0 Å². The highest BCUT2D eigenvalue weighted by Gasteiger charge is 2.19. The molecular formula is C19H22N2O2S. The summed E-state index contributed by atoms with van der Waals surface area (Å²) < 4.78 is 0. The van der Waals surface area contributed by atoms with Gasteiger partial charge in [-0.25, -0.2) is 0 Å². The molecule has 0 radical (unpaired) electrons. The Bertz CT molecular complexity index is 697. The lowest BCUT2D eigenvalue weighted by molar-refractivity contribution is -0.128. The van der Waals surface area contributed by atoms with Gasteiger partial charge >= 0.3 is 0 Å². The van der Waals surface area contributed by atoms with E-state index in [1.807, 2.05) is 35.2 Å². The first-order valence-corrected chi connectivity index (χ1v) is 9.27. The first-order chi connectivity index (χ1) is 11.7.